The maximum absolute atomic E-state index is 11.8. The number of likely N-dealkylation sites (tertiary alicyclic amines) is 1. The van der Waals surface area contributed by atoms with E-state index in [1.807, 2.05) is 6.92 Å². The molecular weight excluding hydrogens is 206 g/mol. The Bertz CT molecular complexity index is 268. The van der Waals surface area contributed by atoms with E-state index in [9.17, 15) is 9.59 Å². The van der Waals surface area contributed by atoms with Gasteiger partial charge in [0.2, 0.25) is 11.8 Å². The van der Waals surface area contributed by atoms with Crippen molar-refractivity contribution in [2.24, 2.45) is 5.73 Å². The molecule has 0 radical (unpaired) electrons. The van der Waals surface area contributed by atoms with Crippen LogP contribution in [-0.2, 0) is 9.59 Å². The zero-order valence-corrected chi connectivity index (χ0v) is 10.0. The van der Waals surface area contributed by atoms with Crippen LogP contribution in [0, 0.1) is 0 Å². The Balaban J connectivity index is 2.54. The van der Waals surface area contributed by atoms with Gasteiger partial charge in [-0.2, -0.15) is 0 Å². The van der Waals surface area contributed by atoms with Crippen molar-refractivity contribution in [2.75, 3.05) is 13.1 Å². The summed E-state index contributed by atoms with van der Waals surface area (Å²) in [5.74, 6) is -0.199. The van der Waals surface area contributed by atoms with Crippen LogP contribution in [0.3, 0.4) is 0 Å². The van der Waals surface area contributed by atoms with E-state index in [2.05, 4.69) is 5.32 Å². The first-order valence-corrected chi connectivity index (χ1v) is 5.91. The van der Waals surface area contributed by atoms with Gasteiger partial charge in [-0.25, -0.2) is 0 Å². The lowest BCUT2D eigenvalue weighted by Crippen LogP contribution is -2.55. The normalized spacial score (nSPS) is 23.1. The summed E-state index contributed by atoms with van der Waals surface area (Å²) in [4.78, 5) is 25.1. The summed E-state index contributed by atoms with van der Waals surface area (Å²) in [5.41, 5.74) is 5.68. The summed E-state index contributed by atoms with van der Waals surface area (Å²) in [5, 5.41) is 2.79. The van der Waals surface area contributed by atoms with E-state index in [-0.39, 0.29) is 11.8 Å². The molecule has 1 aliphatic heterocycles. The summed E-state index contributed by atoms with van der Waals surface area (Å²) < 4.78 is 0. The van der Waals surface area contributed by atoms with E-state index < -0.39 is 12.1 Å². The van der Waals surface area contributed by atoms with Gasteiger partial charge in [-0.1, -0.05) is 6.92 Å². The predicted octanol–water partition coefficient (Wildman–Crippen LogP) is -0.149. The molecule has 0 aliphatic carbocycles. The molecule has 16 heavy (non-hydrogen) atoms. The second-order valence-corrected chi connectivity index (χ2v) is 4.25. The van der Waals surface area contributed by atoms with Crippen LogP contribution in [0.4, 0.5) is 0 Å². The van der Waals surface area contributed by atoms with Gasteiger partial charge < -0.3 is 16.0 Å². The van der Waals surface area contributed by atoms with Gasteiger partial charge in [-0.3, -0.25) is 9.59 Å². The second kappa shape index (κ2) is 5.84. The molecule has 0 spiro atoms. The number of hydrogen-bond acceptors (Lipinski definition) is 3. The first-order valence-electron chi connectivity index (χ1n) is 5.91. The molecule has 0 aromatic carbocycles. The minimum atomic E-state index is -0.435. The van der Waals surface area contributed by atoms with Crippen LogP contribution in [0.15, 0.2) is 0 Å². The van der Waals surface area contributed by atoms with E-state index in [1.54, 1.807) is 11.8 Å². The Morgan fingerprint density at radius 3 is 3.00 bits per heavy atom. The summed E-state index contributed by atoms with van der Waals surface area (Å²) in [7, 11) is 0. The fourth-order valence-electron chi connectivity index (χ4n) is 1.85. The number of amides is 2. The predicted molar refractivity (Wildman–Crippen MR) is 61.7 cm³/mol. The monoisotopic (exact) mass is 227 g/mol. The molecule has 1 saturated heterocycles. The lowest BCUT2D eigenvalue weighted by molar-refractivity contribution is -0.142. The Kier molecular flexibility index (Phi) is 4.73. The molecule has 5 nitrogen and oxygen atoms in total. The molecule has 1 rings (SSSR count). The van der Waals surface area contributed by atoms with Gasteiger partial charge in [0.25, 0.3) is 0 Å². The summed E-state index contributed by atoms with van der Waals surface area (Å²) in [6.07, 6.45) is 2.49. The number of hydrogen-bond donors (Lipinski definition) is 2. The van der Waals surface area contributed by atoms with Gasteiger partial charge >= 0.3 is 0 Å². The largest absolute Gasteiger partial charge is 0.354 e. The number of nitrogens with two attached hydrogens (primary N) is 1. The Morgan fingerprint density at radius 1 is 1.69 bits per heavy atom. The number of rotatable bonds is 4. The van der Waals surface area contributed by atoms with Crippen molar-refractivity contribution >= 4 is 11.8 Å². The standard InChI is InChI=1S/C11H21N3O2/c1-3-6-13-10(15)8(2)14-7-4-5-9(12)11(14)16/h8-9H,3-7,12H2,1-2H3,(H,13,15). The van der Waals surface area contributed by atoms with Crippen LogP contribution in [-0.4, -0.2) is 41.9 Å². The van der Waals surface area contributed by atoms with Gasteiger partial charge in [0.15, 0.2) is 0 Å². The maximum Gasteiger partial charge on any atom is 0.242 e. The molecule has 0 aromatic heterocycles. The third-order valence-corrected chi connectivity index (χ3v) is 2.91. The van der Waals surface area contributed by atoms with E-state index in [0.717, 1.165) is 19.3 Å². The summed E-state index contributed by atoms with van der Waals surface area (Å²) in [6, 6.07) is -0.847. The Morgan fingerprint density at radius 2 is 2.38 bits per heavy atom. The van der Waals surface area contributed by atoms with Crippen LogP contribution in [0.2, 0.25) is 0 Å². The zero-order valence-electron chi connectivity index (χ0n) is 10.0. The summed E-state index contributed by atoms with van der Waals surface area (Å²) in [6.45, 7) is 5.03. The second-order valence-electron chi connectivity index (χ2n) is 4.25. The van der Waals surface area contributed by atoms with Crippen molar-refractivity contribution in [1.29, 1.82) is 0 Å². The highest BCUT2D eigenvalue weighted by molar-refractivity contribution is 5.89. The first kappa shape index (κ1) is 13.0. The molecule has 2 amide bonds. The van der Waals surface area contributed by atoms with E-state index >= 15 is 0 Å². The number of carbonyl (C=O) groups is 2. The average molecular weight is 227 g/mol. The Hall–Kier alpha value is -1.10. The fourth-order valence-corrected chi connectivity index (χ4v) is 1.85. The van der Waals surface area contributed by atoms with Gasteiger partial charge in [0.05, 0.1) is 6.04 Å². The maximum atomic E-state index is 11.8. The number of carbonyl (C=O) groups excluding carboxylic acids is 2. The molecule has 0 bridgehead atoms. The molecule has 92 valence electrons. The minimum Gasteiger partial charge on any atom is -0.354 e. The van der Waals surface area contributed by atoms with Gasteiger partial charge in [0.1, 0.15) is 6.04 Å². The van der Waals surface area contributed by atoms with Crippen molar-refractivity contribution < 1.29 is 9.59 Å². The van der Waals surface area contributed by atoms with E-state index in [1.165, 1.54) is 0 Å². The molecule has 3 N–H and O–H groups in total. The van der Waals surface area contributed by atoms with E-state index in [4.69, 9.17) is 5.73 Å². The topological polar surface area (TPSA) is 75.4 Å². The molecule has 5 heteroatoms. The lowest BCUT2D eigenvalue weighted by Gasteiger charge is -2.34. The van der Waals surface area contributed by atoms with Crippen LogP contribution in [0.5, 0.6) is 0 Å². The molecule has 1 heterocycles. The van der Waals surface area contributed by atoms with Crippen LogP contribution in [0.25, 0.3) is 0 Å². The highest BCUT2D eigenvalue weighted by atomic mass is 16.2. The number of nitrogens with zero attached hydrogens (tertiary/aromatic N) is 1. The molecule has 0 saturated carbocycles. The van der Waals surface area contributed by atoms with Crippen molar-refractivity contribution in [3.05, 3.63) is 0 Å². The molecule has 1 fully saturated rings. The highest BCUT2D eigenvalue weighted by Crippen LogP contribution is 2.13. The van der Waals surface area contributed by atoms with Crippen LogP contribution < -0.4 is 11.1 Å². The number of nitrogens with one attached hydrogen (secondary N) is 1. The Labute approximate surface area is 96.4 Å². The van der Waals surface area contributed by atoms with Crippen molar-refractivity contribution in [3.63, 3.8) is 0 Å². The third-order valence-electron chi connectivity index (χ3n) is 2.91. The zero-order chi connectivity index (χ0) is 12.1. The van der Waals surface area contributed by atoms with Gasteiger partial charge in [0, 0.05) is 13.1 Å². The molecule has 2 atom stereocenters. The molecule has 1 aliphatic rings. The third kappa shape index (κ3) is 2.95. The van der Waals surface area contributed by atoms with Crippen molar-refractivity contribution in [2.45, 2.75) is 45.2 Å². The minimum absolute atomic E-state index is 0.0932. The van der Waals surface area contributed by atoms with Crippen molar-refractivity contribution in [1.82, 2.24) is 10.2 Å². The molecule has 2 unspecified atom stereocenters. The fraction of sp³-hybridized carbons (Fsp3) is 0.818. The van der Waals surface area contributed by atoms with E-state index in [0.29, 0.717) is 13.1 Å². The highest BCUT2D eigenvalue weighted by Gasteiger charge is 2.31. The average Bonchev–Trinajstić information content (AvgIpc) is 2.28. The SMILES string of the molecule is CCCNC(=O)C(C)N1CCCC(N)C1=O. The lowest BCUT2D eigenvalue weighted by atomic mass is 10.0. The molecule has 0 aromatic rings. The van der Waals surface area contributed by atoms with Crippen LogP contribution >= 0.6 is 0 Å². The number of piperidine rings is 1. The molecular formula is C11H21N3O2. The smallest absolute Gasteiger partial charge is 0.242 e. The van der Waals surface area contributed by atoms with Crippen molar-refractivity contribution in [3.8, 4) is 0 Å². The van der Waals surface area contributed by atoms with Gasteiger partial charge in [-0.15, -0.1) is 0 Å². The van der Waals surface area contributed by atoms with Crippen LogP contribution in [0.1, 0.15) is 33.1 Å². The quantitative estimate of drug-likeness (QED) is 0.701. The first-order chi connectivity index (χ1) is 7.57. The summed E-state index contributed by atoms with van der Waals surface area (Å²) >= 11 is 0. The van der Waals surface area contributed by atoms with Gasteiger partial charge in [-0.05, 0) is 26.2 Å².